The number of hydrogen-bond donors (Lipinski definition) is 2. The van der Waals surface area contributed by atoms with Gasteiger partial charge in [-0.05, 0) is 30.7 Å². The van der Waals surface area contributed by atoms with Crippen molar-refractivity contribution in [1.82, 2.24) is 15.2 Å². The highest BCUT2D eigenvalue weighted by Gasteiger charge is 2.09. The number of hydrogen-bond acceptors (Lipinski definition) is 3. The summed E-state index contributed by atoms with van der Waals surface area (Å²) in [5, 5.41) is 10.6. The second-order valence-corrected chi connectivity index (χ2v) is 5.59. The fraction of sp³-hybridized carbons (Fsp3) is 0.125. The number of rotatable bonds is 4. The Morgan fingerprint density at radius 1 is 1.10 bits per heavy atom. The molecule has 0 bridgehead atoms. The van der Waals surface area contributed by atoms with Crippen LogP contribution in [0.4, 0.5) is 5.69 Å². The summed E-state index contributed by atoms with van der Waals surface area (Å²) in [4.78, 5) is 4.40. The Morgan fingerprint density at radius 2 is 1.86 bits per heavy atom. The van der Waals surface area contributed by atoms with Gasteiger partial charge in [0.25, 0.3) is 0 Å². The van der Waals surface area contributed by atoms with Gasteiger partial charge in [0, 0.05) is 22.3 Å². The summed E-state index contributed by atoms with van der Waals surface area (Å²) in [6.07, 6.45) is 0. The lowest BCUT2D eigenvalue weighted by Gasteiger charge is -2.11. The quantitative estimate of drug-likeness (QED) is 0.748. The zero-order valence-corrected chi connectivity index (χ0v) is 13.2. The van der Waals surface area contributed by atoms with E-state index in [1.807, 2.05) is 49.4 Å². The highest BCUT2D eigenvalue weighted by molar-refractivity contribution is 9.10. The normalized spacial score (nSPS) is 10.6. The Morgan fingerprint density at radius 3 is 2.62 bits per heavy atom. The molecule has 0 unspecified atom stereocenters. The van der Waals surface area contributed by atoms with Crippen LogP contribution < -0.4 is 5.32 Å². The molecule has 1 aromatic heterocycles. The standard InChI is InChI=1S/C16H15BrN4/c1-11-19-16(21-20-11)13-7-3-5-9-15(13)18-10-12-6-2-4-8-14(12)17/h2-9,18H,10H2,1H3,(H,19,20,21). The van der Waals surface area contributed by atoms with Gasteiger partial charge in [-0.25, -0.2) is 4.98 Å². The van der Waals surface area contributed by atoms with Crippen LogP contribution in [0.15, 0.2) is 53.0 Å². The molecule has 21 heavy (non-hydrogen) atoms. The first kappa shape index (κ1) is 13.8. The number of aryl methyl sites for hydroxylation is 1. The van der Waals surface area contributed by atoms with Gasteiger partial charge in [-0.15, -0.1) is 0 Å². The molecule has 106 valence electrons. The second-order valence-electron chi connectivity index (χ2n) is 4.73. The molecule has 0 saturated carbocycles. The third-order valence-electron chi connectivity index (χ3n) is 3.19. The van der Waals surface area contributed by atoms with E-state index in [-0.39, 0.29) is 0 Å². The number of H-pyrrole nitrogens is 1. The summed E-state index contributed by atoms with van der Waals surface area (Å²) in [7, 11) is 0. The van der Waals surface area contributed by atoms with E-state index >= 15 is 0 Å². The van der Waals surface area contributed by atoms with Crippen LogP contribution >= 0.6 is 15.9 Å². The van der Waals surface area contributed by atoms with Gasteiger partial charge >= 0.3 is 0 Å². The molecule has 0 fully saturated rings. The maximum Gasteiger partial charge on any atom is 0.183 e. The van der Waals surface area contributed by atoms with Gasteiger partial charge in [0.2, 0.25) is 0 Å². The Kier molecular flexibility index (Phi) is 4.01. The van der Waals surface area contributed by atoms with Crippen LogP contribution in [0.3, 0.4) is 0 Å². The van der Waals surface area contributed by atoms with E-state index in [9.17, 15) is 0 Å². The average Bonchev–Trinajstić information content (AvgIpc) is 2.93. The Balaban J connectivity index is 1.85. The SMILES string of the molecule is Cc1nc(-c2ccccc2NCc2ccccc2Br)n[nH]1. The minimum absolute atomic E-state index is 0.711. The van der Waals surface area contributed by atoms with Crippen LogP contribution in [-0.4, -0.2) is 15.2 Å². The second kappa shape index (κ2) is 6.10. The van der Waals surface area contributed by atoms with Crippen molar-refractivity contribution in [2.45, 2.75) is 13.5 Å². The molecule has 0 saturated heterocycles. The zero-order valence-electron chi connectivity index (χ0n) is 11.6. The van der Waals surface area contributed by atoms with Crippen molar-refractivity contribution in [3.05, 3.63) is 64.4 Å². The molecule has 3 aromatic rings. The van der Waals surface area contributed by atoms with Gasteiger partial charge < -0.3 is 5.32 Å². The molecule has 0 radical (unpaired) electrons. The number of halogens is 1. The molecule has 0 aliphatic carbocycles. The lowest BCUT2D eigenvalue weighted by molar-refractivity contribution is 1.04. The molecule has 0 amide bonds. The lowest BCUT2D eigenvalue weighted by Crippen LogP contribution is -2.02. The number of anilines is 1. The highest BCUT2D eigenvalue weighted by atomic mass is 79.9. The number of nitrogens with zero attached hydrogens (tertiary/aromatic N) is 2. The molecular formula is C16H15BrN4. The van der Waals surface area contributed by atoms with Gasteiger partial charge in [0.1, 0.15) is 5.82 Å². The van der Waals surface area contributed by atoms with Crippen LogP contribution in [0.2, 0.25) is 0 Å². The molecule has 0 aliphatic heterocycles. The largest absolute Gasteiger partial charge is 0.380 e. The monoisotopic (exact) mass is 342 g/mol. The fourth-order valence-electron chi connectivity index (χ4n) is 2.13. The van der Waals surface area contributed by atoms with E-state index in [4.69, 9.17) is 0 Å². The van der Waals surface area contributed by atoms with E-state index in [1.165, 1.54) is 5.56 Å². The van der Waals surface area contributed by atoms with Gasteiger partial charge in [0.15, 0.2) is 5.82 Å². The number of benzene rings is 2. The van der Waals surface area contributed by atoms with Crippen molar-refractivity contribution >= 4 is 21.6 Å². The molecule has 0 spiro atoms. The summed E-state index contributed by atoms with van der Waals surface area (Å²) in [5.41, 5.74) is 3.22. The predicted molar refractivity (Wildman–Crippen MR) is 88.0 cm³/mol. The van der Waals surface area contributed by atoms with Gasteiger partial charge in [-0.1, -0.05) is 46.3 Å². The topological polar surface area (TPSA) is 53.6 Å². The van der Waals surface area contributed by atoms with Crippen LogP contribution in [0, 0.1) is 6.92 Å². The zero-order chi connectivity index (χ0) is 14.7. The van der Waals surface area contributed by atoms with Gasteiger partial charge in [-0.3, -0.25) is 5.10 Å². The van der Waals surface area contributed by atoms with Crippen molar-refractivity contribution in [1.29, 1.82) is 0 Å². The lowest BCUT2D eigenvalue weighted by atomic mass is 10.1. The van der Waals surface area contributed by atoms with Crippen LogP contribution in [0.5, 0.6) is 0 Å². The molecular weight excluding hydrogens is 328 g/mol. The number of para-hydroxylation sites is 1. The van der Waals surface area contributed by atoms with E-state index in [2.05, 4.69) is 42.5 Å². The van der Waals surface area contributed by atoms with Crippen molar-refractivity contribution in [2.24, 2.45) is 0 Å². The van der Waals surface area contributed by atoms with Crippen LogP contribution in [-0.2, 0) is 6.54 Å². The molecule has 0 aliphatic rings. The molecule has 2 aromatic carbocycles. The Labute approximate surface area is 131 Å². The molecule has 5 heteroatoms. The molecule has 3 rings (SSSR count). The minimum Gasteiger partial charge on any atom is -0.380 e. The number of aromatic nitrogens is 3. The minimum atomic E-state index is 0.711. The summed E-state index contributed by atoms with van der Waals surface area (Å²) < 4.78 is 1.10. The summed E-state index contributed by atoms with van der Waals surface area (Å²) in [6, 6.07) is 16.2. The summed E-state index contributed by atoms with van der Waals surface area (Å²) in [5.74, 6) is 1.52. The van der Waals surface area contributed by atoms with E-state index < -0.39 is 0 Å². The van der Waals surface area contributed by atoms with E-state index in [0.29, 0.717) is 5.82 Å². The average molecular weight is 343 g/mol. The van der Waals surface area contributed by atoms with Gasteiger partial charge in [-0.2, -0.15) is 5.10 Å². The first-order chi connectivity index (χ1) is 10.2. The first-order valence-corrected chi connectivity index (χ1v) is 7.49. The highest BCUT2D eigenvalue weighted by Crippen LogP contribution is 2.26. The molecule has 0 atom stereocenters. The van der Waals surface area contributed by atoms with Crippen molar-refractivity contribution in [3.63, 3.8) is 0 Å². The molecule has 4 nitrogen and oxygen atoms in total. The predicted octanol–water partition coefficient (Wildman–Crippen LogP) is 4.15. The molecule has 1 heterocycles. The van der Waals surface area contributed by atoms with Crippen molar-refractivity contribution < 1.29 is 0 Å². The first-order valence-electron chi connectivity index (χ1n) is 6.70. The number of nitrogens with one attached hydrogen (secondary N) is 2. The van der Waals surface area contributed by atoms with E-state index in [1.54, 1.807) is 0 Å². The third-order valence-corrected chi connectivity index (χ3v) is 3.97. The Bertz CT molecular complexity index is 751. The van der Waals surface area contributed by atoms with Crippen molar-refractivity contribution in [3.8, 4) is 11.4 Å². The molecule has 2 N–H and O–H groups in total. The maximum atomic E-state index is 4.40. The van der Waals surface area contributed by atoms with Crippen molar-refractivity contribution in [2.75, 3.05) is 5.32 Å². The summed E-state index contributed by atoms with van der Waals surface area (Å²) in [6.45, 7) is 2.63. The Hall–Kier alpha value is -2.14. The third kappa shape index (κ3) is 3.13. The fourth-order valence-corrected chi connectivity index (χ4v) is 2.55. The summed E-state index contributed by atoms with van der Waals surface area (Å²) >= 11 is 3.57. The van der Waals surface area contributed by atoms with Gasteiger partial charge in [0.05, 0.1) is 0 Å². The number of aromatic amines is 1. The van der Waals surface area contributed by atoms with Crippen LogP contribution in [0.1, 0.15) is 11.4 Å². The smallest absolute Gasteiger partial charge is 0.183 e. The maximum absolute atomic E-state index is 4.40. The van der Waals surface area contributed by atoms with Crippen LogP contribution in [0.25, 0.3) is 11.4 Å². The van der Waals surface area contributed by atoms with E-state index in [0.717, 1.165) is 28.1 Å².